The molecule has 7 heteroatoms. The number of carboxylic acids is 1. The average Bonchev–Trinajstić information content (AvgIpc) is 3.51. The van der Waals surface area contributed by atoms with E-state index in [2.05, 4.69) is 17.7 Å². The fourth-order valence-electron chi connectivity index (χ4n) is 5.72. The average molecular weight is 439 g/mol. The van der Waals surface area contributed by atoms with Gasteiger partial charge in [0.25, 0.3) is 0 Å². The molecule has 2 aliphatic rings. The maximum atomic E-state index is 13.3. The van der Waals surface area contributed by atoms with Crippen molar-refractivity contribution in [2.45, 2.75) is 70.9 Å². The number of nitrogen functional groups attached to an aromatic ring is 1. The number of likely N-dealkylation sites (tertiary alicyclic amines) is 1. The van der Waals surface area contributed by atoms with Gasteiger partial charge in [0.1, 0.15) is 11.8 Å². The molecule has 1 aliphatic carbocycles. The first-order valence-corrected chi connectivity index (χ1v) is 11.9. The molecule has 1 amide bonds. The molecule has 0 radical (unpaired) electrons. The zero-order valence-electron chi connectivity index (χ0n) is 18.8. The van der Waals surface area contributed by atoms with Crippen LogP contribution >= 0.6 is 0 Å². The monoisotopic (exact) mass is 438 g/mol. The van der Waals surface area contributed by atoms with Gasteiger partial charge in [0.05, 0.1) is 0 Å². The second kappa shape index (κ2) is 9.35. The number of benzene rings is 1. The molecule has 1 aromatic heterocycles. The molecule has 7 nitrogen and oxygen atoms in total. The Kier molecular flexibility index (Phi) is 6.53. The van der Waals surface area contributed by atoms with Gasteiger partial charge in [0.2, 0.25) is 5.91 Å². The molecule has 2 fully saturated rings. The summed E-state index contributed by atoms with van der Waals surface area (Å²) in [4.78, 5) is 27.1. The number of nitrogens with zero attached hydrogens (tertiary/aromatic N) is 2. The third-order valence-corrected chi connectivity index (χ3v) is 7.43. The highest BCUT2D eigenvalue weighted by Gasteiger charge is 2.41. The molecule has 1 aromatic carbocycles. The lowest BCUT2D eigenvalue weighted by molar-refractivity contribution is -0.154. The number of carbonyl (C=O) groups is 2. The van der Waals surface area contributed by atoms with Crippen molar-refractivity contribution in [3.8, 4) is 0 Å². The Bertz CT molecular complexity index is 1020. The first-order valence-electron chi connectivity index (χ1n) is 11.9. The first kappa shape index (κ1) is 22.4. The Morgan fingerprint density at radius 2 is 1.97 bits per heavy atom. The number of rotatable bonds is 8. The van der Waals surface area contributed by atoms with E-state index in [1.54, 1.807) is 0 Å². The number of aliphatic carboxylic acids is 1. The van der Waals surface area contributed by atoms with Gasteiger partial charge in [-0.15, -0.1) is 0 Å². The topological polar surface area (TPSA) is 112 Å². The number of amides is 1. The summed E-state index contributed by atoms with van der Waals surface area (Å²) in [5.74, 6) is -1.97. The molecule has 2 aromatic rings. The van der Waals surface area contributed by atoms with E-state index in [4.69, 9.17) is 11.1 Å². The van der Waals surface area contributed by atoms with Gasteiger partial charge in [0.15, 0.2) is 0 Å². The number of carbonyl (C=O) groups excluding carboxylic acids is 1. The molecule has 1 saturated heterocycles. The number of amidine groups is 1. The van der Waals surface area contributed by atoms with Crippen molar-refractivity contribution in [3.05, 3.63) is 35.5 Å². The van der Waals surface area contributed by atoms with Crippen LogP contribution in [-0.2, 0) is 22.6 Å². The third kappa shape index (κ3) is 4.25. The summed E-state index contributed by atoms with van der Waals surface area (Å²) in [6, 6.07) is 5.99. The summed E-state index contributed by atoms with van der Waals surface area (Å²) in [5, 5.41) is 18.7. The second-order valence-electron chi connectivity index (χ2n) is 9.31. The number of nitrogens with two attached hydrogens (primary N) is 1. The summed E-state index contributed by atoms with van der Waals surface area (Å²) >= 11 is 0. The minimum Gasteiger partial charge on any atom is -0.481 e. The van der Waals surface area contributed by atoms with Gasteiger partial charge in [-0.25, -0.2) is 0 Å². The van der Waals surface area contributed by atoms with Crippen LogP contribution in [0.2, 0.25) is 0 Å². The molecular weight excluding hydrogens is 404 g/mol. The van der Waals surface area contributed by atoms with Crippen molar-refractivity contribution in [1.29, 1.82) is 5.41 Å². The standard InChI is InChI=1S/C25H34N4O3/c1-2-28-15-18(20-12-10-17(23(26)27)14-21(20)28)9-11-19-8-5-13-29(19)24(30)22(25(31)32)16-6-3-4-7-16/h10,12,14-16,19,22H,2-9,11,13H2,1H3,(H3,26,27)(H,31,32). The molecule has 0 spiro atoms. The van der Waals surface area contributed by atoms with Crippen LogP contribution in [-0.4, -0.2) is 44.9 Å². The normalized spacial score (nSPS) is 20.2. The van der Waals surface area contributed by atoms with Gasteiger partial charge in [-0.2, -0.15) is 0 Å². The molecule has 1 aliphatic heterocycles. The Balaban J connectivity index is 1.50. The fraction of sp³-hybridized carbons (Fsp3) is 0.560. The van der Waals surface area contributed by atoms with Gasteiger partial charge in [-0.05, 0) is 63.0 Å². The van der Waals surface area contributed by atoms with Crippen LogP contribution in [0.5, 0.6) is 0 Å². The van der Waals surface area contributed by atoms with E-state index < -0.39 is 11.9 Å². The Hall–Kier alpha value is -2.83. The quantitative estimate of drug-likeness (QED) is 0.331. The number of aromatic nitrogens is 1. The molecule has 2 heterocycles. The molecule has 1 saturated carbocycles. The predicted octanol–water partition coefficient (Wildman–Crippen LogP) is 3.76. The Morgan fingerprint density at radius 3 is 2.62 bits per heavy atom. The molecule has 32 heavy (non-hydrogen) atoms. The van der Waals surface area contributed by atoms with Gasteiger partial charge in [-0.3, -0.25) is 15.0 Å². The van der Waals surface area contributed by atoms with Crippen LogP contribution in [0.3, 0.4) is 0 Å². The van der Waals surface area contributed by atoms with Crippen LogP contribution in [0.15, 0.2) is 24.4 Å². The highest BCUT2D eigenvalue weighted by molar-refractivity contribution is 5.99. The molecule has 2 unspecified atom stereocenters. The highest BCUT2D eigenvalue weighted by Crippen LogP contribution is 2.35. The fourth-order valence-corrected chi connectivity index (χ4v) is 5.72. The van der Waals surface area contributed by atoms with Crippen LogP contribution in [0.4, 0.5) is 0 Å². The van der Waals surface area contributed by atoms with Gasteiger partial charge < -0.3 is 20.3 Å². The van der Waals surface area contributed by atoms with Gasteiger partial charge >= 0.3 is 5.97 Å². The van der Waals surface area contributed by atoms with Crippen molar-refractivity contribution in [2.75, 3.05) is 6.54 Å². The lowest BCUT2D eigenvalue weighted by atomic mass is 9.89. The van der Waals surface area contributed by atoms with Crippen LogP contribution in [0.25, 0.3) is 10.9 Å². The highest BCUT2D eigenvalue weighted by atomic mass is 16.4. The van der Waals surface area contributed by atoms with Crippen molar-refractivity contribution in [3.63, 3.8) is 0 Å². The van der Waals surface area contributed by atoms with Crippen molar-refractivity contribution in [2.24, 2.45) is 17.6 Å². The van der Waals surface area contributed by atoms with Crippen LogP contribution in [0.1, 0.15) is 63.0 Å². The Labute approximate surface area is 189 Å². The van der Waals surface area contributed by atoms with Crippen LogP contribution < -0.4 is 5.73 Å². The molecule has 4 rings (SSSR count). The molecule has 2 atom stereocenters. The summed E-state index contributed by atoms with van der Waals surface area (Å²) in [7, 11) is 0. The van der Waals surface area contributed by atoms with Gasteiger partial charge in [-0.1, -0.05) is 25.0 Å². The summed E-state index contributed by atoms with van der Waals surface area (Å²) < 4.78 is 2.18. The maximum absolute atomic E-state index is 13.3. The predicted molar refractivity (Wildman–Crippen MR) is 125 cm³/mol. The van der Waals surface area contributed by atoms with E-state index in [-0.39, 0.29) is 23.7 Å². The van der Waals surface area contributed by atoms with E-state index in [1.807, 2.05) is 23.1 Å². The SMILES string of the molecule is CCn1cc(CCC2CCCN2C(=O)C(C(=O)O)C2CCCC2)c2ccc(C(=N)N)cc21. The number of hydrogen-bond donors (Lipinski definition) is 3. The van der Waals surface area contributed by atoms with Gasteiger partial charge in [0, 0.05) is 41.8 Å². The van der Waals surface area contributed by atoms with E-state index >= 15 is 0 Å². The summed E-state index contributed by atoms with van der Waals surface area (Å²) in [6.45, 7) is 3.59. The van der Waals surface area contributed by atoms with E-state index in [9.17, 15) is 14.7 Å². The van der Waals surface area contributed by atoms with E-state index in [1.165, 1.54) is 5.56 Å². The molecule has 172 valence electrons. The lowest BCUT2D eigenvalue weighted by Crippen LogP contribution is -2.44. The second-order valence-corrected chi connectivity index (χ2v) is 9.31. The number of hydrogen-bond acceptors (Lipinski definition) is 3. The minimum absolute atomic E-state index is 0.0146. The molecule has 0 bridgehead atoms. The number of fused-ring (bicyclic) bond motifs is 1. The summed E-state index contributed by atoms with van der Waals surface area (Å²) in [5.41, 5.74) is 8.69. The third-order valence-electron chi connectivity index (χ3n) is 7.43. The maximum Gasteiger partial charge on any atom is 0.316 e. The summed E-state index contributed by atoms with van der Waals surface area (Å²) in [6.07, 6.45) is 9.44. The van der Waals surface area contributed by atoms with Crippen LogP contribution in [0, 0.1) is 17.2 Å². The van der Waals surface area contributed by atoms with Crippen molar-refractivity contribution < 1.29 is 14.7 Å². The lowest BCUT2D eigenvalue weighted by Gasteiger charge is -2.29. The zero-order chi connectivity index (χ0) is 22.8. The minimum atomic E-state index is -0.958. The zero-order valence-corrected chi connectivity index (χ0v) is 18.8. The molecule has 4 N–H and O–H groups in total. The van der Waals surface area contributed by atoms with Crippen molar-refractivity contribution in [1.82, 2.24) is 9.47 Å². The van der Waals surface area contributed by atoms with E-state index in [0.29, 0.717) is 6.54 Å². The first-order chi connectivity index (χ1) is 15.4. The van der Waals surface area contributed by atoms with E-state index in [0.717, 1.165) is 74.4 Å². The van der Waals surface area contributed by atoms with Crippen molar-refractivity contribution >= 4 is 28.6 Å². The number of nitrogens with one attached hydrogen (secondary N) is 1. The number of aryl methyl sites for hydroxylation is 2. The Morgan fingerprint density at radius 1 is 1.22 bits per heavy atom. The molecular formula is C25H34N4O3. The smallest absolute Gasteiger partial charge is 0.316 e. The largest absolute Gasteiger partial charge is 0.481 e. The number of carboxylic acid groups (broad SMARTS) is 1.